The summed E-state index contributed by atoms with van der Waals surface area (Å²) in [5.74, 6) is -0.583. The summed E-state index contributed by atoms with van der Waals surface area (Å²) < 4.78 is 0.790. The maximum absolute atomic E-state index is 12.4. The molecule has 4 nitrogen and oxygen atoms in total. The molecule has 0 bridgehead atoms. The largest absolute Gasteiger partial charge is 0.369 e. The first-order valence-corrected chi connectivity index (χ1v) is 7.13. The molecule has 2 amide bonds. The molecule has 1 heterocycles. The number of hydrogen-bond donors (Lipinski definition) is 1. The fourth-order valence-corrected chi connectivity index (χ4v) is 3.02. The Balaban J connectivity index is 2.17. The Labute approximate surface area is 121 Å². The highest BCUT2D eigenvalue weighted by Crippen LogP contribution is 2.23. The van der Waals surface area contributed by atoms with Gasteiger partial charge in [0.25, 0.3) is 5.91 Å². The molecule has 102 valence electrons. The molecule has 19 heavy (non-hydrogen) atoms. The van der Waals surface area contributed by atoms with Gasteiger partial charge in [0.05, 0.1) is 11.5 Å². The number of amides is 2. The van der Waals surface area contributed by atoms with Gasteiger partial charge >= 0.3 is 0 Å². The predicted molar refractivity (Wildman–Crippen MR) is 76.7 cm³/mol. The van der Waals surface area contributed by atoms with E-state index in [1.807, 2.05) is 25.1 Å². The van der Waals surface area contributed by atoms with Gasteiger partial charge in [-0.3, -0.25) is 9.59 Å². The molecule has 2 rings (SSSR count). The maximum Gasteiger partial charge on any atom is 0.255 e. The zero-order valence-corrected chi connectivity index (χ0v) is 12.4. The van der Waals surface area contributed by atoms with Crippen LogP contribution in [0.5, 0.6) is 0 Å². The number of benzene rings is 1. The van der Waals surface area contributed by atoms with Crippen molar-refractivity contribution in [3.05, 3.63) is 33.8 Å². The van der Waals surface area contributed by atoms with Crippen molar-refractivity contribution in [3.8, 4) is 0 Å². The number of primary amides is 1. The lowest BCUT2D eigenvalue weighted by Gasteiger charge is -2.31. The third-order valence-electron chi connectivity index (χ3n) is 3.47. The lowest BCUT2D eigenvalue weighted by Crippen LogP contribution is -2.44. The van der Waals surface area contributed by atoms with E-state index >= 15 is 0 Å². The highest BCUT2D eigenvalue weighted by molar-refractivity contribution is 9.10. The summed E-state index contributed by atoms with van der Waals surface area (Å²) in [7, 11) is 0. The first-order chi connectivity index (χ1) is 8.99. The Morgan fingerprint density at radius 1 is 1.42 bits per heavy atom. The van der Waals surface area contributed by atoms with Gasteiger partial charge in [-0.25, -0.2) is 0 Å². The van der Waals surface area contributed by atoms with Crippen molar-refractivity contribution in [2.75, 3.05) is 13.1 Å². The van der Waals surface area contributed by atoms with Gasteiger partial charge in [0.15, 0.2) is 0 Å². The number of carbonyl (C=O) groups excluding carboxylic acids is 2. The number of aryl methyl sites for hydroxylation is 1. The van der Waals surface area contributed by atoms with E-state index in [0.29, 0.717) is 18.7 Å². The van der Waals surface area contributed by atoms with Crippen LogP contribution < -0.4 is 5.73 Å². The van der Waals surface area contributed by atoms with Gasteiger partial charge in [-0.05, 0) is 53.4 Å². The van der Waals surface area contributed by atoms with Crippen LogP contribution in [-0.2, 0) is 4.79 Å². The van der Waals surface area contributed by atoms with Crippen molar-refractivity contribution in [1.29, 1.82) is 0 Å². The van der Waals surface area contributed by atoms with Crippen molar-refractivity contribution >= 4 is 27.7 Å². The van der Waals surface area contributed by atoms with E-state index in [4.69, 9.17) is 5.73 Å². The summed E-state index contributed by atoms with van der Waals surface area (Å²) in [6, 6.07) is 5.64. The fraction of sp³-hybridized carbons (Fsp3) is 0.429. The van der Waals surface area contributed by atoms with Crippen molar-refractivity contribution < 1.29 is 9.59 Å². The molecule has 0 spiro atoms. The van der Waals surface area contributed by atoms with E-state index in [0.717, 1.165) is 22.9 Å². The summed E-state index contributed by atoms with van der Waals surface area (Å²) in [5.41, 5.74) is 7.06. The summed E-state index contributed by atoms with van der Waals surface area (Å²) in [4.78, 5) is 25.4. The monoisotopic (exact) mass is 324 g/mol. The minimum absolute atomic E-state index is 0.0437. The van der Waals surface area contributed by atoms with Crippen LogP contribution in [0, 0.1) is 12.8 Å². The lowest BCUT2D eigenvalue weighted by molar-refractivity contribution is -0.123. The highest BCUT2D eigenvalue weighted by Gasteiger charge is 2.28. The number of halogens is 1. The van der Waals surface area contributed by atoms with Crippen LogP contribution in [0.3, 0.4) is 0 Å². The second-order valence-corrected chi connectivity index (χ2v) is 5.83. The molecule has 1 atom stereocenters. The molecule has 0 aliphatic carbocycles. The third kappa shape index (κ3) is 3.15. The molecule has 0 saturated carbocycles. The first-order valence-electron chi connectivity index (χ1n) is 6.34. The van der Waals surface area contributed by atoms with E-state index < -0.39 is 0 Å². The molecule has 0 aromatic heterocycles. The van der Waals surface area contributed by atoms with Crippen LogP contribution in [0.15, 0.2) is 22.7 Å². The van der Waals surface area contributed by atoms with E-state index in [1.165, 1.54) is 0 Å². The van der Waals surface area contributed by atoms with Gasteiger partial charge in [0.1, 0.15) is 0 Å². The van der Waals surface area contributed by atoms with Crippen LogP contribution in [0.4, 0.5) is 0 Å². The average Bonchev–Trinajstić information content (AvgIpc) is 2.38. The molecule has 1 unspecified atom stereocenters. The van der Waals surface area contributed by atoms with E-state index in [1.54, 1.807) is 4.90 Å². The van der Waals surface area contributed by atoms with Gasteiger partial charge < -0.3 is 10.6 Å². The number of piperidine rings is 1. The van der Waals surface area contributed by atoms with Crippen molar-refractivity contribution in [3.63, 3.8) is 0 Å². The summed E-state index contributed by atoms with van der Waals surface area (Å²) in [6.45, 7) is 3.08. The molecule has 1 aromatic rings. The predicted octanol–water partition coefficient (Wildman–Crippen LogP) is 2.10. The van der Waals surface area contributed by atoms with Crippen molar-refractivity contribution in [2.45, 2.75) is 19.8 Å². The second-order valence-electron chi connectivity index (χ2n) is 4.98. The van der Waals surface area contributed by atoms with Gasteiger partial charge in [0.2, 0.25) is 5.91 Å². The lowest BCUT2D eigenvalue weighted by atomic mass is 9.97. The fourth-order valence-electron chi connectivity index (χ4n) is 2.36. The zero-order valence-electron chi connectivity index (χ0n) is 10.9. The minimum atomic E-state index is -0.319. The SMILES string of the molecule is Cc1ccc(C(=O)N2CCCC(C(N)=O)C2)c(Br)c1. The Kier molecular flexibility index (Phi) is 4.24. The van der Waals surface area contributed by atoms with Crippen molar-refractivity contribution in [2.24, 2.45) is 11.7 Å². The van der Waals surface area contributed by atoms with Gasteiger partial charge in [-0.1, -0.05) is 6.07 Å². The number of nitrogens with two attached hydrogens (primary N) is 1. The summed E-state index contributed by atoms with van der Waals surface area (Å²) >= 11 is 3.42. The Bertz CT molecular complexity index is 516. The molecule has 0 radical (unpaired) electrons. The second kappa shape index (κ2) is 5.74. The molecular formula is C14H17BrN2O2. The van der Waals surface area contributed by atoms with Gasteiger partial charge in [0, 0.05) is 17.6 Å². The number of likely N-dealkylation sites (tertiary alicyclic amines) is 1. The number of nitrogens with zero attached hydrogens (tertiary/aromatic N) is 1. The summed E-state index contributed by atoms with van der Waals surface area (Å²) in [5, 5.41) is 0. The third-order valence-corrected chi connectivity index (χ3v) is 4.12. The van der Waals surface area contributed by atoms with Crippen molar-refractivity contribution in [1.82, 2.24) is 4.90 Å². The van der Waals surface area contributed by atoms with E-state index in [9.17, 15) is 9.59 Å². The highest BCUT2D eigenvalue weighted by atomic mass is 79.9. The normalized spacial score (nSPS) is 19.3. The van der Waals surface area contributed by atoms with Crippen LogP contribution in [-0.4, -0.2) is 29.8 Å². The topological polar surface area (TPSA) is 63.4 Å². The van der Waals surface area contributed by atoms with Crippen LogP contribution in [0.1, 0.15) is 28.8 Å². The van der Waals surface area contributed by atoms with Crippen LogP contribution in [0.25, 0.3) is 0 Å². The molecule has 1 saturated heterocycles. The Morgan fingerprint density at radius 2 is 2.16 bits per heavy atom. The Hall–Kier alpha value is -1.36. The standard InChI is InChI=1S/C14H17BrN2O2/c1-9-4-5-11(12(15)7-9)14(19)17-6-2-3-10(8-17)13(16)18/h4-5,7,10H,2-3,6,8H2,1H3,(H2,16,18). The maximum atomic E-state index is 12.4. The molecule has 5 heteroatoms. The molecule has 1 aliphatic heterocycles. The molecule has 1 fully saturated rings. The average molecular weight is 325 g/mol. The quantitative estimate of drug-likeness (QED) is 0.905. The number of carbonyl (C=O) groups is 2. The molecular weight excluding hydrogens is 308 g/mol. The zero-order chi connectivity index (χ0) is 14.0. The smallest absolute Gasteiger partial charge is 0.255 e. The number of hydrogen-bond acceptors (Lipinski definition) is 2. The van der Waals surface area contributed by atoms with E-state index in [-0.39, 0.29) is 17.7 Å². The minimum Gasteiger partial charge on any atom is -0.369 e. The van der Waals surface area contributed by atoms with Crippen LogP contribution >= 0.6 is 15.9 Å². The van der Waals surface area contributed by atoms with E-state index in [2.05, 4.69) is 15.9 Å². The van der Waals surface area contributed by atoms with Gasteiger partial charge in [-0.15, -0.1) is 0 Å². The number of rotatable bonds is 2. The summed E-state index contributed by atoms with van der Waals surface area (Å²) in [6.07, 6.45) is 1.59. The van der Waals surface area contributed by atoms with Gasteiger partial charge in [-0.2, -0.15) is 0 Å². The Morgan fingerprint density at radius 3 is 2.79 bits per heavy atom. The molecule has 1 aromatic carbocycles. The molecule has 1 aliphatic rings. The molecule has 2 N–H and O–H groups in total. The first kappa shape index (κ1) is 14.1. The van der Waals surface area contributed by atoms with Crippen LogP contribution in [0.2, 0.25) is 0 Å².